The molecule has 0 amide bonds. The Kier molecular flexibility index (Phi) is 2.59. The van der Waals surface area contributed by atoms with Gasteiger partial charge in [-0.3, -0.25) is 0 Å². The summed E-state index contributed by atoms with van der Waals surface area (Å²) in [6.45, 7) is 7.42. The lowest BCUT2D eigenvalue weighted by molar-refractivity contribution is 0.599. The second kappa shape index (κ2) is 3.64. The standard InChI is InChI=1S/C14H21N/c1-4-12-8-14(12,9-15)13-6-5-10(2)11(3)7-13/h5-7,12H,4,8-9,15H2,1-3H3/t12-,14+/m0/s1. The second-order valence-corrected chi connectivity index (χ2v) is 4.97. The third-order valence-electron chi connectivity index (χ3n) is 4.17. The van der Waals surface area contributed by atoms with Crippen LogP contribution in [0.25, 0.3) is 0 Å². The van der Waals surface area contributed by atoms with Gasteiger partial charge in [-0.25, -0.2) is 0 Å². The zero-order valence-corrected chi connectivity index (χ0v) is 10.0. The molecule has 0 aromatic heterocycles. The summed E-state index contributed by atoms with van der Waals surface area (Å²) in [6.07, 6.45) is 2.53. The quantitative estimate of drug-likeness (QED) is 0.803. The monoisotopic (exact) mass is 203 g/mol. The minimum absolute atomic E-state index is 0.313. The minimum Gasteiger partial charge on any atom is -0.330 e. The third-order valence-corrected chi connectivity index (χ3v) is 4.17. The van der Waals surface area contributed by atoms with Gasteiger partial charge in [0, 0.05) is 12.0 Å². The summed E-state index contributed by atoms with van der Waals surface area (Å²) < 4.78 is 0. The van der Waals surface area contributed by atoms with Crippen LogP contribution in [-0.2, 0) is 5.41 Å². The van der Waals surface area contributed by atoms with Crippen LogP contribution in [0.5, 0.6) is 0 Å². The Balaban J connectivity index is 2.33. The maximum absolute atomic E-state index is 5.95. The molecule has 2 N–H and O–H groups in total. The van der Waals surface area contributed by atoms with Crippen LogP contribution >= 0.6 is 0 Å². The smallest absolute Gasteiger partial charge is 0.0107 e. The molecular formula is C14H21N. The first-order valence-electron chi connectivity index (χ1n) is 5.92. The molecule has 82 valence electrons. The first-order valence-corrected chi connectivity index (χ1v) is 5.92. The summed E-state index contributed by atoms with van der Waals surface area (Å²) in [6, 6.07) is 6.83. The zero-order valence-electron chi connectivity index (χ0n) is 10.0. The average molecular weight is 203 g/mol. The number of nitrogens with two attached hydrogens (primary N) is 1. The molecule has 1 aromatic rings. The number of hydrogen-bond acceptors (Lipinski definition) is 1. The summed E-state index contributed by atoms with van der Waals surface area (Å²) in [4.78, 5) is 0. The molecule has 0 spiro atoms. The molecule has 1 heteroatoms. The first-order chi connectivity index (χ1) is 7.14. The van der Waals surface area contributed by atoms with E-state index in [1.165, 1.54) is 29.5 Å². The van der Waals surface area contributed by atoms with Gasteiger partial charge in [0.25, 0.3) is 0 Å². The van der Waals surface area contributed by atoms with E-state index in [-0.39, 0.29) is 0 Å². The number of rotatable bonds is 3. The topological polar surface area (TPSA) is 26.0 Å². The molecule has 2 atom stereocenters. The van der Waals surface area contributed by atoms with Gasteiger partial charge in [0.2, 0.25) is 0 Å². The SMILES string of the molecule is CC[C@H]1C[C@]1(CN)c1ccc(C)c(C)c1. The van der Waals surface area contributed by atoms with E-state index < -0.39 is 0 Å². The molecule has 0 radical (unpaired) electrons. The highest BCUT2D eigenvalue weighted by Gasteiger charge is 2.52. The summed E-state index contributed by atoms with van der Waals surface area (Å²) in [5, 5.41) is 0. The van der Waals surface area contributed by atoms with E-state index in [1.807, 2.05) is 0 Å². The summed E-state index contributed by atoms with van der Waals surface area (Å²) >= 11 is 0. The Morgan fingerprint density at radius 3 is 2.53 bits per heavy atom. The summed E-state index contributed by atoms with van der Waals surface area (Å²) in [5.41, 5.74) is 10.5. The van der Waals surface area contributed by atoms with Crippen molar-refractivity contribution in [1.82, 2.24) is 0 Å². The Morgan fingerprint density at radius 1 is 1.33 bits per heavy atom. The molecule has 0 bridgehead atoms. The van der Waals surface area contributed by atoms with Crippen molar-refractivity contribution >= 4 is 0 Å². The molecule has 1 fully saturated rings. The predicted octanol–water partition coefficient (Wildman–Crippen LogP) is 2.93. The van der Waals surface area contributed by atoms with Crippen molar-refractivity contribution in [2.24, 2.45) is 11.7 Å². The van der Waals surface area contributed by atoms with E-state index >= 15 is 0 Å². The van der Waals surface area contributed by atoms with Gasteiger partial charge in [0.05, 0.1) is 0 Å². The number of benzene rings is 1. The molecular weight excluding hydrogens is 182 g/mol. The fourth-order valence-electron chi connectivity index (χ4n) is 2.69. The Bertz CT molecular complexity index is 370. The average Bonchev–Trinajstić information content (AvgIpc) is 2.97. The molecule has 1 saturated carbocycles. The van der Waals surface area contributed by atoms with Crippen molar-refractivity contribution in [1.29, 1.82) is 0 Å². The molecule has 1 nitrogen and oxygen atoms in total. The van der Waals surface area contributed by atoms with Crippen molar-refractivity contribution in [3.63, 3.8) is 0 Å². The molecule has 0 heterocycles. The molecule has 1 aliphatic rings. The normalized spacial score (nSPS) is 29.2. The van der Waals surface area contributed by atoms with Gasteiger partial charge in [-0.05, 0) is 42.9 Å². The van der Waals surface area contributed by atoms with Crippen LogP contribution in [-0.4, -0.2) is 6.54 Å². The van der Waals surface area contributed by atoms with Gasteiger partial charge >= 0.3 is 0 Å². The van der Waals surface area contributed by atoms with E-state index in [1.54, 1.807) is 0 Å². The van der Waals surface area contributed by atoms with Crippen LogP contribution in [0.4, 0.5) is 0 Å². The second-order valence-electron chi connectivity index (χ2n) is 4.97. The lowest BCUT2D eigenvalue weighted by Crippen LogP contribution is -2.22. The van der Waals surface area contributed by atoms with Gasteiger partial charge in [0.15, 0.2) is 0 Å². The Morgan fingerprint density at radius 2 is 2.07 bits per heavy atom. The van der Waals surface area contributed by atoms with E-state index in [9.17, 15) is 0 Å². The van der Waals surface area contributed by atoms with Crippen LogP contribution in [0, 0.1) is 19.8 Å². The number of aryl methyl sites for hydroxylation is 2. The highest BCUT2D eigenvalue weighted by atomic mass is 14.7. The van der Waals surface area contributed by atoms with E-state index in [2.05, 4.69) is 39.0 Å². The van der Waals surface area contributed by atoms with E-state index in [0.717, 1.165) is 12.5 Å². The van der Waals surface area contributed by atoms with Gasteiger partial charge in [-0.1, -0.05) is 31.5 Å². The molecule has 0 saturated heterocycles. The molecule has 1 aliphatic carbocycles. The summed E-state index contributed by atoms with van der Waals surface area (Å²) in [7, 11) is 0. The lowest BCUT2D eigenvalue weighted by Gasteiger charge is -2.16. The maximum Gasteiger partial charge on any atom is 0.0107 e. The van der Waals surface area contributed by atoms with Crippen LogP contribution in [0.15, 0.2) is 18.2 Å². The number of hydrogen-bond donors (Lipinski definition) is 1. The first kappa shape index (κ1) is 10.7. The molecule has 0 unspecified atom stereocenters. The summed E-state index contributed by atoms with van der Waals surface area (Å²) in [5.74, 6) is 0.810. The third kappa shape index (κ3) is 1.59. The van der Waals surface area contributed by atoms with Crippen LogP contribution in [0.2, 0.25) is 0 Å². The Labute approximate surface area is 92.7 Å². The van der Waals surface area contributed by atoms with E-state index in [0.29, 0.717) is 5.41 Å². The Hall–Kier alpha value is -0.820. The van der Waals surface area contributed by atoms with Crippen molar-refractivity contribution in [3.05, 3.63) is 34.9 Å². The van der Waals surface area contributed by atoms with Gasteiger partial charge in [-0.15, -0.1) is 0 Å². The highest BCUT2D eigenvalue weighted by molar-refractivity contribution is 5.39. The molecule has 2 rings (SSSR count). The predicted molar refractivity (Wildman–Crippen MR) is 65.0 cm³/mol. The maximum atomic E-state index is 5.95. The molecule has 1 aromatic carbocycles. The molecule has 0 aliphatic heterocycles. The van der Waals surface area contributed by atoms with Gasteiger partial charge < -0.3 is 5.73 Å². The lowest BCUT2D eigenvalue weighted by atomic mass is 9.90. The van der Waals surface area contributed by atoms with Crippen molar-refractivity contribution in [2.75, 3.05) is 6.54 Å². The highest BCUT2D eigenvalue weighted by Crippen LogP contribution is 2.55. The van der Waals surface area contributed by atoms with Crippen LogP contribution < -0.4 is 5.73 Å². The van der Waals surface area contributed by atoms with Crippen LogP contribution in [0.3, 0.4) is 0 Å². The minimum atomic E-state index is 0.313. The van der Waals surface area contributed by atoms with Gasteiger partial charge in [0.1, 0.15) is 0 Å². The van der Waals surface area contributed by atoms with Gasteiger partial charge in [-0.2, -0.15) is 0 Å². The fraction of sp³-hybridized carbons (Fsp3) is 0.571. The fourth-order valence-corrected chi connectivity index (χ4v) is 2.69. The van der Waals surface area contributed by atoms with Crippen LogP contribution in [0.1, 0.15) is 36.5 Å². The van der Waals surface area contributed by atoms with Crippen molar-refractivity contribution < 1.29 is 0 Å². The van der Waals surface area contributed by atoms with E-state index in [4.69, 9.17) is 5.73 Å². The largest absolute Gasteiger partial charge is 0.330 e. The zero-order chi connectivity index (χ0) is 11.1. The molecule has 15 heavy (non-hydrogen) atoms. The van der Waals surface area contributed by atoms with Crippen molar-refractivity contribution in [2.45, 2.75) is 39.0 Å². The van der Waals surface area contributed by atoms with Crippen molar-refractivity contribution in [3.8, 4) is 0 Å².